The zero-order valence-corrected chi connectivity index (χ0v) is 9.12. The Morgan fingerprint density at radius 3 is 2.94 bits per heavy atom. The fraction of sp³-hybridized carbons (Fsp3) is 0.417. The number of benzene rings is 1. The van der Waals surface area contributed by atoms with E-state index in [1.165, 1.54) is 0 Å². The van der Waals surface area contributed by atoms with E-state index in [4.69, 9.17) is 10.5 Å². The van der Waals surface area contributed by atoms with Gasteiger partial charge in [0.25, 0.3) is 0 Å². The molecule has 0 aromatic heterocycles. The molecular weight excluding hydrogens is 209 g/mol. The van der Waals surface area contributed by atoms with Crippen LogP contribution in [-0.4, -0.2) is 19.3 Å². The molecule has 0 fully saturated rings. The van der Waals surface area contributed by atoms with Gasteiger partial charge in [-0.2, -0.15) is 0 Å². The van der Waals surface area contributed by atoms with E-state index in [1.54, 1.807) is 6.07 Å². The molecule has 4 heteroatoms. The van der Waals surface area contributed by atoms with Gasteiger partial charge in [-0.1, -0.05) is 12.1 Å². The van der Waals surface area contributed by atoms with Crippen molar-refractivity contribution in [3.63, 3.8) is 0 Å². The van der Waals surface area contributed by atoms with Crippen LogP contribution in [0.2, 0.25) is 0 Å². The number of carbonyl (C=O) groups is 1. The lowest BCUT2D eigenvalue weighted by Gasteiger charge is -2.04. The highest BCUT2D eigenvalue weighted by Gasteiger charge is 2.03. The summed E-state index contributed by atoms with van der Waals surface area (Å²) >= 11 is 0. The Hall–Kier alpha value is -1.58. The number of alkyl halides is 1. The molecule has 3 nitrogen and oxygen atoms in total. The van der Waals surface area contributed by atoms with Crippen LogP contribution in [0, 0.1) is 0 Å². The Bertz CT molecular complexity index is 342. The van der Waals surface area contributed by atoms with Crippen LogP contribution in [0.3, 0.4) is 0 Å². The average molecular weight is 225 g/mol. The number of nitrogens with two attached hydrogens (primary N) is 1. The highest BCUT2D eigenvalue weighted by molar-refractivity contribution is 5.69. The quantitative estimate of drug-likeness (QED) is 0.458. The molecule has 1 rings (SSSR count). The minimum Gasteiger partial charge on any atom is -0.466 e. The smallest absolute Gasteiger partial charge is 0.306 e. The molecule has 0 heterocycles. The lowest BCUT2D eigenvalue weighted by molar-refractivity contribution is -0.143. The highest BCUT2D eigenvalue weighted by atomic mass is 19.1. The summed E-state index contributed by atoms with van der Waals surface area (Å²) in [6, 6.07) is 7.38. The van der Waals surface area contributed by atoms with Crippen LogP contribution in [-0.2, 0) is 16.0 Å². The number of carbonyl (C=O) groups excluding carboxylic acids is 1. The SMILES string of the molecule is Nc1cccc(CCC(=O)OCCCF)c1. The molecule has 0 spiro atoms. The van der Waals surface area contributed by atoms with Gasteiger partial charge >= 0.3 is 5.97 Å². The van der Waals surface area contributed by atoms with Crippen molar-refractivity contribution in [3.8, 4) is 0 Å². The predicted octanol–water partition coefficient (Wildman–Crippen LogP) is 2.10. The maximum atomic E-state index is 11.7. The van der Waals surface area contributed by atoms with Crippen molar-refractivity contribution in [3.05, 3.63) is 29.8 Å². The summed E-state index contributed by atoms with van der Waals surface area (Å²) in [6.07, 6.45) is 1.17. The molecule has 0 saturated carbocycles. The predicted molar refractivity (Wildman–Crippen MR) is 60.7 cm³/mol. The lowest BCUT2D eigenvalue weighted by atomic mass is 10.1. The van der Waals surface area contributed by atoms with E-state index in [9.17, 15) is 9.18 Å². The third kappa shape index (κ3) is 4.77. The minimum atomic E-state index is -0.456. The van der Waals surface area contributed by atoms with Crippen molar-refractivity contribution in [1.82, 2.24) is 0 Å². The normalized spacial score (nSPS) is 10.1. The van der Waals surface area contributed by atoms with Crippen LogP contribution in [0.1, 0.15) is 18.4 Å². The van der Waals surface area contributed by atoms with E-state index in [2.05, 4.69) is 0 Å². The minimum absolute atomic E-state index is 0.159. The molecule has 0 saturated heterocycles. The summed E-state index contributed by atoms with van der Waals surface area (Å²) in [7, 11) is 0. The lowest BCUT2D eigenvalue weighted by Crippen LogP contribution is -2.07. The summed E-state index contributed by atoms with van der Waals surface area (Å²) in [5, 5.41) is 0. The van der Waals surface area contributed by atoms with E-state index < -0.39 is 6.67 Å². The van der Waals surface area contributed by atoms with Gasteiger partial charge in [0.1, 0.15) is 0 Å². The molecule has 0 aliphatic heterocycles. The second-order valence-electron chi connectivity index (χ2n) is 3.51. The van der Waals surface area contributed by atoms with Crippen molar-refractivity contribution in [2.45, 2.75) is 19.3 Å². The maximum Gasteiger partial charge on any atom is 0.306 e. The molecule has 88 valence electrons. The molecule has 0 amide bonds. The summed E-state index contributed by atoms with van der Waals surface area (Å²) < 4.78 is 16.6. The summed E-state index contributed by atoms with van der Waals surface area (Å²) in [4.78, 5) is 11.2. The van der Waals surface area contributed by atoms with Gasteiger partial charge in [0.15, 0.2) is 0 Å². The Morgan fingerprint density at radius 2 is 2.25 bits per heavy atom. The second kappa shape index (κ2) is 6.82. The van der Waals surface area contributed by atoms with E-state index in [0.717, 1.165) is 5.56 Å². The Balaban J connectivity index is 2.26. The molecule has 2 N–H and O–H groups in total. The number of halogens is 1. The fourth-order valence-electron chi connectivity index (χ4n) is 1.31. The molecule has 16 heavy (non-hydrogen) atoms. The zero-order chi connectivity index (χ0) is 11.8. The van der Waals surface area contributed by atoms with Gasteiger partial charge in [-0.05, 0) is 24.1 Å². The van der Waals surface area contributed by atoms with Gasteiger partial charge in [0, 0.05) is 18.5 Å². The van der Waals surface area contributed by atoms with Crippen molar-refractivity contribution in [1.29, 1.82) is 0 Å². The number of esters is 1. The molecule has 0 aliphatic rings. The van der Waals surface area contributed by atoms with Crippen LogP contribution < -0.4 is 5.73 Å². The number of anilines is 1. The van der Waals surface area contributed by atoms with E-state index in [1.807, 2.05) is 18.2 Å². The third-order valence-corrected chi connectivity index (χ3v) is 2.11. The Kier molecular flexibility index (Phi) is 5.32. The zero-order valence-electron chi connectivity index (χ0n) is 9.12. The fourth-order valence-corrected chi connectivity index (χ4v) is 1.31. The van der Waals surface area contributed by atoms with Gasteiger partial charge in [0.05, 0.1) is 13.3 Å². The molecule has 0 radical (unpaired) electrons. The third-order valence-electron chi connectivity index (χ3n) is 2.11. The van der Waals surface area contributed by atoms with Crippen molar-refractivity contribution in [2.75, 3.05) is 19.0 Å². The number of aryl methyl sites for hydroxylation is 1. The van der Waals surface area contributed by atoms with E-state index in [-0.39, 0.29) is 19.0 Å². The van der Waals surface area contributed by atoms with Gasteiger partial charge in [-0.25, -0.2) is 0 Å². The van der Waals surface area contributed by atoms with Crippen molar-refractivity contribution < 1.29 is 13.9 Å². The standard InChI is InChI=1S/C12H16FNO2/c13-7-2-8-16-12(15)6-5-10-3-1-4-11(14)9-10/h1,3-4,9H,2,5-8,14H2. The second-order valence-corrected chi connectivity index (χ2v) is 3.51. The molecular formula is C12H16FNO2. The molecule has 0 bridgehead atoms. The topological polar surface area (TPSA) is 52.3 Å². The van der Waals surface area contributed by atoms with Crippen LogP contribution in [0.25, 0.3) is 0 Å². The largest absolute Gasteiger partial charge is 0.466 e. The molecule has 1 aromatic rings. The first-order chi connectivity index (χ1) is 7.72. The average Bonchev–Trinajstić information content (AvgIpc) is 2.27. The number of nitrogen functional groups attached to an aromatic ring is 1. The van der Waals surface area contributed by atoms with E-state index >= 15 is 0 Å². The van der Waals surface area contributed by atoms with Crippen LogP contribution >= 0.6 is 0 Å². The summed E-state index contributed by atoms with van der Waals surface area (Å²) in [5.74, 6) is -0.295. The summed E-state index contributed by atoms with van der Waals surface area (Å²) in [6.45, 7) is -0.297. The first-order valence-electron chi connectivity index (χ1n) is 5.28. The van der Waals surface area contributed by atoms with Crippen LogP contribution in [0.5, 0.6) is 0 Å². The van der Waals surface area contributed by atoms with Gasteiger partial charge in [0.2, 0.25) is 0 Å². The molecule has 1 aromatic carbocycles. The van der Waals surface area contributed by atoms with Crippen molar-refractivity contribution in [2.24, 2.45) is 0 Å². The molecule has 0 unspecified atom stereocenters. The maximum absolute atomic E-state index is 11.7. The monoisotopic (exact) mass is 225 g/mol. The van der Waals surface area contributed by atoms with Crippen LogP contribution in [0.4, 0.5) is 10.1 Å². The highest BCUT2D eigenvalue weighted by Crippen LogP contribution is 2.09. The first kappa shape index (κ1) is 12.5. The Labute approximate surface area is 94.4 Å². The number of rotatable bonds is 6. The van der Waals surface area contributed by atoms with Crippen molar-refractivity contribution >= 4 is 11.7 Å². The van der Waals surface area contributed by atoms with Gasteiger partial charge in [-0.3, -0.25) is 9.18 Å². The van der Waals surface area contributed by atoms with E-state index in [0.29, 0.717) is 18.5 Å². The van der Waals surface area contributed by atoms with Gasteiger partial charge < -0.3 is 10.5 Å². The Morgan fingerprint density at radius 1 is 1.44 bits per heavy atom. The van der Waals surface area contributed by atoms with Gasteiger partial charge in [-0.15, -0.1) is 0 Å². The molecule has 0 atom stereocenters. The number of hydrogen-bond donors (Lipinski definition) is 1. The number of hydrogen-bond acceptors (Lipinski definition) is 3. The first-order valence-corrected chi connectivity index (χ1v) is 5.28. The molecule has 0 aliphatic carbocycles. The number of ether oxygens (including phenoxy) is 1. The summed E-state index contributed by atoms with van der Waals surface area (Å²) in [5.41, 5.74) is 7.29. The van der Waals surface area contributed by atoms with Crippen LogP contribution in [0.15, 0.2) is 24.3 Å².